The van der Waals surface area contributed by atoms with E-state index in [1.165, 1.54) is 50.9 Å². The third-order valence-corrected chi connectivity index (χ3v) is 6.51. The smallest absolute Gasteiger partial charge is 0.0489 e. The molecule has 5 atom stereocenters. The normalized spacial score (nSPS) is 42.3. The lowest BCUT2D eigenvalue weighted by Crippen LogP contribution is -2.51. The molecule has 1 aromatic rings. The molecule has 0 spiro atoms. The summed E-state index contributed by atoms with van der Waals surface area (Å²) >= 11 is 0. The van der Waals surface area contributed by atoms with Crippen LogP contribution in [0.15, 0.2) is 24.3 Å². The van der Waals surface area contributed by atoms with Crippen molar-refractivity contribution in [2.24, 2.45) is 11.8 Å². The first kappa shape index (κ1) is 11.6. The van der Waals surface area contributed by atoms with Gasteiger partial charge in [0.25, 0.3) is 0 Å². The number of anilines is 1. The van der Waals surface area contributed by atoms with Crippen molar-refractivity contribution >= 4 is 5.69 Å². The molecule has 1 saturated carbocycles. The number of fused-ring (bicyclic) bond motifs is 7. The van der Waals surface area contributed by atoms with Crippen LogP contribution in [0.3, 0.4) is 0 Å². The summed E-state index contributed by atoms with van der Waals surface area (Å²) in [5, 5.41) is 3.90. The Balaban J connectivity index is 1.51. The Morgan fingerprint density at radius 2 is 1.95 bits per heavy atom. The van der Waals surface area contributed by atoms with E-state index in [1.54, 1.807) is 5.56 Å². The molecule has 0 radical (unpaired) electrons. The van der Waals surface area contributed by atoms with Crippen molar-refractivity contribution in [1.29, 1.82) is 0 Å². The van der Waals surface area contributed by atoms with Crippen LogP contribution < -0.4 is 5.32 Å². The molecule has 4 aliphatic rings. The summed E-state index contributed by atoms with van der Waals surface area (Å²) in [6, 6.07) is 10.5. The number of hydrogen-bond donors (Lipinski definition) is 1. The van der Waals surface area contributed by atoms with Crippen LogP contribution in [0.2, 0.25) is 0 Å². The van der Waals surface area contributed by atoms with Gasteiger partial charge in [0.05, 0.1) is 0 Å². The lowest BCUT2D eigenvalue weighted by molar-refractivity contribution is 0.138. The van der Waals surface area contributed by atoms with Crippen molar-refractivity contribution in [1.82, 2.24) is 4.90 Å². The van der Waals surface area contributed by atoms with Crippen molar-refractivity contribution < 1.29 is 0 Å². The Morgan fingerprint density at radius 1 is 1.05 bits per heavy atom. The molecule has 1 N–H and O–H groups in total. The fourth-order valence-electron chi connectivity index (χ4n) is 5.73. The van der Waals surface area contributed by atoms with Gasteiger partial charge in [0, 0.05) is 30.2 Å². The minimum Gasteiger partial charge on any atom is -0.380 e. The van der Waals surface area contributed by atoms with E-state index in [-0.39, 0.29) is 0 Å². The number of nitrogens with one attached hydrogen (secondary N) is 1. The zero-order valence-corrected chi connectivity index (χ0v) is 12.1. The van der Waals surface area contributed by atoms with Crippen LogP contribution in [0.1, 0.15) is 43.6 Å². The second-order valence-electron chi connectivity index (χ2n) is 7.35. The van der Waals surface area contributed by atoms with Crippen LogP contribution in [-0.4, -0.2) is 30.1 Å². The van der Waals surface area contributed by atoms with Crippen molar-refractivity contribution in [2.45, 2.75) is 50.1 Å². The average Bonchev–Trinajstić information content (AvgIpc) is 3.04. The minimum atomic E-state index is 0.689. The van der Waals surface area contributed by atoms with Crippen LogP contribution in [0, 0.1) is 11.8 Å². The molecule has 106 valence electrons. The van der Waals surface area contributed by atoms with E-state index in [9.17, 15) is 0 Å². The molecule has 2 saturated heterocycles. The molecule has 1 aromatic carbocycles. The summed E-state index contributed by atoms with van der Waals surface area (Å²) in [5.41, 5.74) is 3.01. The predicted octanol–water partition coefficient (Wildman–Crippen LogP) is 3.46. The molecule has 0 amide bonds. The summed E-state index contributed by atoms with van der Waals surface area (Å²) in [6.45, 7) is 2.71. The van der Waals surface area contributed by atoms with E-state index in [0.717, 1.165) is 23.8 Å². The first-order valence-electron chi connectivity index (χ1n) is 8.51. The van der Waals surface area contributed by atoms with Gasteiger partial charge in [-0.1, -0.05) is 31.0 Å². The van der Waals surface area contributed by atoms with E-state index < -0.39 is 0 Å². The van der Waals surface area contributed by atoms with Crippen LogP contribution in [0.5, 0.6) is 0 Å². The lowest BCUT2D eigenvalue weighted by Gasteiger charge is -2.42. The Labute approximate surface area is 121 Å². The Kier molecular flexibility index (Phi) is 2.46. The molecule has 0 bridgehead atoms. The van der Waals surface area contributed by atoms with E-state index in [4.69, 9.17) is 0 Å². The summed E-state index contributed by atoms with van der Waals surface area (Å²) < 4.78 is 0. The fraction of sp³-hybridized carbons (Fsp3) is 0.667. The van der Waals surface area contributed by atoms with Gasteiger partial charge >= 0.3 is 0 Å². The van der Waals surface area contributed by atoms with Crippen molar-refractivity contribution in [2.75, 3.05) is 18.4 Å². The van der Waals surface area contributed by atoms with Gasteiger partial charge in [-0.15, -0.1) is 0 Å². The first-order chi connectivity index (χ1) is 9.92. The average molecular weight is 268 g/mol. The SMILES string of the molecule is c1ccc2c(c1)N[C@H]1[C@H]3[C@H]4CCCC[C@@H]4CN3CC[C@@H]21. The number of benzene rings is 1. The second kappa shape index (κ2) is 4.24. The third-order valence-electron chi connectivity index (χ3n) is 6.51. The van der Waals surface area contributed by atoms with Crippen molar-refractivity contribution in [3.8, 4) is 0 Å². The van der Waals surface area contributed by atoms with Crippen LogP contribution in [0.25, 0.3) is 0 Å². The highest BCUT2D eigenvalue weighted by Gasteiger charge is 2.52. The fourth-order valence-corrected chi connectivity index (χ4v) is 5.73. The van der Waals surface area contributed by atoms with Crippen molar-refractivity contribution in [3.63, 3.8) is 0 Å². The van der Waals surface area contributed by atoms with Gasteiger partial charge in [-0.2, -0.15) is 0 Å². The Hall–Kier alpha value is -1.02. The van der Waals surface area contributed by atoms with E-state index >= 15 is 0 Å². The quantitative estimate of drug-likeness (QED) is 0.775. The number of nitrogens with zero attached hydrogens (tertiary/aromatic N) is 1. The maximum Gasteiger partial charge on any atom is 0.0489 e. The summed E-state index contributed by atoms with van der Waals surface area (Å²) in [7, 11) is 0. The van der Waals surface area contributed by atoms with Gasteiger partial charge in [0.2, 0.25) is 0 Å². The lowest BCUT2D eigenvalue weighted by atomic mass is 9.73. The Morgan fingerprint density at radius 3 is 2.95 bits per heavy atom. The molecule has 3 fully saturated rings. The first-order valence-corrected chi connectivity index (χ1v) is 8.51. The van der Waals surface area contributed by atoms with Gasteiger partial charge in [-0.3, -0.25) is 4.90 Å². The van der Waals surface area contributed by atoms with Gasteiger partial charge < -0.3 is 5.32 Å². The molecule has 20 heavy (non-hydrogen) atoms. The molecular formula is C18H24N2. The molecule has 3 heterocycles. The number of para-hydroxylation sites is 1. The van der Waals surface area contributed by atoms with Gasteiger partial charge in [-0.05, 0) is 49.3 Å². The van der Waals surface area contributed by atoms with E-state index in [2.05, 4.69) is 34.5 Å². The maximum atomic E-state index is 3.90. The van der Waals surface area contributed by atoms with Crippen LogP contribution >= 0.6 is 0 Å². The molecule has 1 aliphatic carbocycles. The van der Waals surface area contributed by atoms with E-state index in [1.807, 2.05) is 0 Å². The maximum absolute atomic E-state index is 3.90. The molecular weight excluding hydrogens is 244 g/mol. The molecule has 0 aromatic heterocycles. The summed E-state index contributed by atoms with van der Waals surface area (Å²) in [4.78, 5) is 2.83. The van der Waals surface area contributed by atoms with E-state index in [0.29, 0.717) is 6.04 Å². The topological polar surface area (TPSA) is 15.3 Å². The molecule has 2 nitrogen and oxygen atoms in total. The molecule has 2 heteroatoms. The second-order valence-corrected chi connectivity index (χ2v) is 7.35. The monoisotopic (exact) mass is 268 g/mol. The number of hydrogen-bond acceptors (Lipinski definition) is 2. The molecule has 3 aliphatic heterocycles. The highest BCUT2D eigenvalue weighted by atomic mass is 15.2. The largest absolute Gasteiger partial charge is 0.380 e. The Bertz CT molecular complexity index is 526. The van der Waals surface area contributed by atoms with Gasteiger partial charge in [0.15, 0.2) is 0 Å². The third kappa shape index (κ3) is 1.49. The summed E-state index contributed by atoms with van der Waals surface area (Å²) in [6.07, 6.45) is 7.26. The number of piperidine rings is 1. The zero-order chi connectivity index (χ0) is 13.1. The zero-order valence-electron chi connectivity index (χ0n) is 12.1. The highest BCUT2D eigenvalue weighted by Crippen LogP contribution is 2.50. The molecule has 0 unspecified atom stereocenters. The van der Waals surface area contributed by atoms with Gasteiger partial charge in [0.1, 0.15) is 0 Å². The standard InChI is InChI=1S/C18H24N2/c1-2-6-13-12(5-1)11-20-10-9-15-14-7-3-4-8-16(14)19-17(15)18(13)20/h3-4,7-8,12-13,15,17-19H,1-2,5-6,9-11H2/t12-,13+,15+,17-,18-/m1/s1. The summed E-state index contributed by atoms with van der Waals surface area (Å²) in [5.74, 6) is 2.74. The van der Waals surface area contributed by atoms with Crippen molar-refractivity contribution in [3.05, 3.63) is 29.8 Å². The predicted molar refractivity (Wildman–Crippen MR) is 82.0 cm³/mol. The molecule has 5 rings (SSSR count). The van der Waals surface area contributed by atoms with Crippen LogP contribution in [0.4, 0.5) is 5.69 Å². The van der Waals surface area contributed by atoms with Gasteiger partial charge in [-0.25, -0.2) is 0 Å². The minimum absolute atomic E-state index is 0.689. The van der Waals surface area contributed by atoms with Crippen LogP contribution in [-0.2, 0) is 0 Å². The highest BCUT2D eigenvalue weighted by molar-refractivity contribution is 5.60. The number of rotatable bonds is 0.